The molecule has 8 aromatic rings. The molecule has 0 unspecified atom stereocenters. The van der Waals surface area contributed by atoms with E-state index in [2.05, 4.69) is 143 Å². The molecule has 0 atom stereocenters. The van der Waals surface area contributed by atoms with E-state index in [9.17, 15) is 0 Å². The number of fused-ring (bicyclic) bond motifs is 6. The fraction of sp³-hybridized carbons (Fsp3) is 0.0244. The van der Waals surface area contributed by atoms with Crippen LogP contribution in [0.4, 0.5) is 0 Å². The van der Waals surface area contributed by atoms with Crippen molar-refractivity contribution >= 4 is 38.5 Å². The van der Waals surface area contributed by atoms with Crippen LogP contribution in [0.2, 0.25) is 0 Å². The Morgan fingerprint density at radius 2 is 1.16 bits per heavy atom. The highest BCUT2D eigenvalue weighted by atomic mass is 15.0. The molecular weight excluding hydrogens is 548 g/mol. The standard InChI is InChI=1S/C41H28N4/c1-2-8-32-27(7-1)15-16-29-25-30(19-22-33(29)32)37-11-6-13-39(44-37)38-12-5-10-36(43-38)28-17-20-31(21-18-28)45-40-14-4-3-9-34(40)35-26-42-24-23-41(35)45/h1-25,42H,26H2. The quantitative estimate of drug-likeness (QED) is 0.212. The topological polar surface area (TPSA) is 42.7 Å². The average Bonchev–Trinajstić information content (AvgIpc) is 3.46. The molecule has 4 heteroatoms. The molecular formula is C41H28N4. The van der Waals surface area contributed by atoms with E-state index >= 15 is 0 Å². The second kappa shape index (κ2) is 10.3. The van der Waals surface area contributed by atoms with Crippen molar-refractivity contribution in [3.05, 3.63) is 157 Å². The summed E-state index contributed by atoms with van der Waals surface area (Å²) in [6.45, 7) is 0.835. The summed E-state index contributed by atoms with van der Waals surface area (Å²) in [6, 6.07) is 49.2. The van der Waals surface area contributed by atoms with E-state index in [1.807, 2.05) is 18.3 Å². The van der Waals surface area contributed by atoms with Gasteiger partial charge in [0.15, 0.2) is 0 Å². The monoisotopic (exact) mass is 576 g/mol. The number of nitrogens with one attached hydrogen (secondary N) is 1. The minimum atomic E-state index is 0.835. The number of benzene rings is 5. The molecule has 1 aliphatic heterocycles. The molecule has 212 valence electrons. The lowest BCUT2D eigenvalue weighted by atomic mass is 9.99. The van der Waals surface area contributed by atoms with Crippen molar-refractivity contribution in [3.8, 4) is 39.6 Å². The number of para-hydroxylation sites is 1. The zero-order valence-corrected chi connectivity index (χ0v) is 24.5. The highest BCUT2D eigenvalue weighted by Gasteiger charge is 2.18. The van der Waals surface area contributed by atoms with Crippen molar-refractivity contribution < 1.29 is 0 Å². The summed E-state index contributed by atoms with van der Waals surface area (Å²) in [7, 11) is 0. The van der Waals surface area contributed by atoms with Gasteiger partial charge in [-0.2, -0.15) is 0 Å². The highest BCUT2D eigenvalue weighted by Crippen LogP contribution is 2.34. The Bertz CT molecular complexity index is 2430. The first kappa shape index (κ1) is 25.5. The third kappa shape index (κ3) is 4.30. The molecule has 0 saturated carbocycles. The van der Waals surface area contributed by atoms with Gasteiger partial charge >= 0.3 is 0 Å². The number of rotatable bonds is 4. The van der Waals surface area contributed by atoms with Gasteiger partial charge in [-0.05, 0) is 82.4 Å². The van der Waals surface area contributed by atoms with Gasteiger partial charge in [0.25, 0.3) is 0 Å². The van der Waals surface area contributed by atoms with E-state index in [0.717, 1.165) is 46.1 Å². The van der Waals surface area contributed by atoms with Crippen LogP contribution in [0.3, 0.4) is 0 Å². The number of hydrogen-bond donors (Lipinski definition) is 1. The van der Waals surface area contributed by atoms with Gasteiger partial charge in [0, 0.05) is 34.3 Å². The van der Waals surface area contributed by atoms with Gasteiger partial charge in [0.05, 0.1) is 34.0 Å². The molecule has 9 rings (SSSR count). The Morgan fingerprint density at radius 3 is 1.98 bits per heavy atom. The van der Waals surface area contributed by atoms with Crippen LogP contribution in [0.15, 0.2) is 146 Å². The predicted octanol–water partition coefficient (Wildman–Crippen LogP) is 9.80. The average molecular weight is 577 g/mol. The summed E-state index contributed by atoms with van der Waals surface area (Å²) in [5, 5.41) is 9.65. The van der Waals surface area contributed by atoms with Gasteiger partial charge < -0.3 is 9.88 Å². The molecule has 0 saturated heterocycles. The first-order chi connectivity index (χ1) is 22.3. The number of hydrogen-bond acceptors (Lipinski definition) is 3. The molecule has 0 amide bonds. The van der Waals surface area contributed by atoms with Gasteiger partial charge in [-0.3, -0.25) is 0 Å². The molecule has 0 spiro atoms. The maximum Gasteiger partial charge on any atom is 0.0893 e. The summed E-state index contributed by atoms with van der Waals surface area (Å²) in [6.07, 6.45) is 4.20. The van der Waals surface area contributed by atoms with Crippen LogP contribution in [0, 0.1) is 0 Å². The van der Waals surface area contributed by atoms with E-state index < -0.39 is 0 Å². The fourth-order valence-electron chi connectivity index (χ4n) is 6.69. The van der Waals surface area contributed by atoms with Crippen molar-refractivity contribution in [2.45, 2.75) is 6.54 Å². The molecule has 5 aromatic carbocycles. The lowest BCUT2D eigenvalue weighted by molar-refractivity contribution is 0.855. The van der Waals surface area contributed by atoms with E-state index in [1.54, 1.807) is 0 Å². The Hall–Kier alpha value is -6.00. The van der Waals surface area contributed by atoms with Crippen molar-refractivity contribution in [1.29, 1.82) is 0 Å². The Labute approximate surface area is 261 Å². The van der Waals surface area contributed by atoms with Gasteiger partial charge in [-0.15, -0.1) is 0 Å². The van der Waals surface area contributed by atoms with Gasteiger partial charge in [0.1, 0.15) is 0 Å². The van der Waals surface area contributed by atoms with Crippen LogP contribution in [0.25, 0.3) is 78.1 Å². The highest BCUT2D eigenvalue weighted by molar-refractivity contribution is 6.08. The van der Waals surface area contributed by atoms with Crippen molar-refractivity contribution in [2.75, 3.05) is 0 Å². The van der Waals surface area contributed by atoms with Gasteiger partial charge in [-0.25, -0.2) is 9.97 Å². The third-order valence-electron chi connectivity index (χ3n) is 8.88. The number of aromatic nitrogens is 3. The molecule has 1 N–H and O–H groups in total. The second-order valence-electron chi connectivity index (χ2n) is 11.5. The zero-order valence-electron chi connectivity index (χ0n) is 24.5. The molecule has 1 aliphatic rings. The SMILES string of the molecule is C1=Cc2c(c3ccccc3n2-c2ccc(-c3cccc(-c4cccc(-c5ccc6c(ccc7ccccc76)c5)n4)n3)cc2)CN1. The van der Waals surface area contributed by atoms with Crippen molar-refractivity contribution in [3.63, 3.8) is 0 Å². The van der Waals surface area contributed by atoms with Crippen molar-refractivity contribution in [2.24, 2.45) is 0 Å². The van der Waals surface area contributed by atoms with Gasteiger partial charge in [-0.1, -0.05) is 91.0 Å². The number of nitrogens with zero attached hydrogens (tertiary/aromatic N) is 3. The largest absolute Gasteiger partial charge is 0.387 e. The second-order valence-corrected chi connectivity index (χ2v) is 11.5. The summed E-state index contributed by atoms with van der Waals surface area (Å²) in [5.41, 5.74) is 10.7. The molecule has 4 heterocycles. The summed E-state index contributed by atoms with van der Waals surface area (Å²) in [4.78, 5) is 10.1. The molecule has 0 radical (unpaired) electrons. The van der Waals surface area contributed by atoms with E-state index in [0.29, 0.717) is 0 Å². The van der Waals surface area contributed by atoms with Crippen LogP contribution in [-0.2, 0) is 6.54 Å². The minimum Gasteiger partial charge on any atom is -0.387 e. The van der Waals surface area contributed by atoms with Crippen LogP contribution in [0.5, 0.6) is 0 Å². The maximum absolute atomic E-state index is 5.06. The fourth-order valence-corrected chi connectivity index (χ4v) is 6.69. The molecule has 45 heavy (non-hydrogen) atoms. The first-order valence-electron chi connectivity index (χ1n) is 15.3. The zero-order chi connectivity index (χ0) is 29.7. The Morgan fingerprint density at radius 1 is 0.511 bits per heavy atom. The van der Waals surface area contributed by atoms with Crippen LogP contribution < -0.4 is 5.32 Å². The van der Waals surface area contributed by atoms with E-state index in [1.165, 1.54) is 43.7 Å². The minimum absolute atomic E-state index is 0.835. The molecule has 0 aliphatic carbocycles. The predicted molar refractivity (Wildman–Crippen MR) is 186 cm³/mol. The number of pyridine rings is 2. The summed E-state index contributed by atoms with van der Waals surface area (Å²) in [5.74, 6) is 0. The third-order valence-corrected chi connectivity index (χ3v) is 8.88. The molecule has 0 bridgehead atoms. The van der Waals surface area contributed by atoms with E-state index in [4.69, 9.17) is 9.97 Å². The van der Waals surface area contributed by atoms with Crippen LogP contribution in [0.1, 0.15) is 11.3 Å². The van der Waals surface area contributed by atoms with Crippen molar-refractivity contribution in [1.82, 2.24) is 19.9 Å². The summed E-state index contributed by atoms with van der Waals surface area (Å²) < 4.78 is 2.35. The lowest BCUT2D eigenvalue weighted by Gasteiger charge is -2.13. The molecule has 4 nitrogen and oxygen atoms in total. The van der Waals surface area contributed by atoms with E-state index in [-0.39, 0.29) is 0 Å². The van der Waals surface area contributed by atoms with Gasteiger partial charge in [0.2, 0.25) is 0 Å². The van der Waals surface area contributed by atoms with Crippen LogP contribution in [-0.4, -0.2) is 14.5 Å². The summed E-state index contributed by atoms with van der Waals surface area (Å²) >= 11 is 0. The first-order valence-corrected chi connectivity index (χ1v) is 15.3. The molecule has 3 aromatic heterocycles. The smallest absolute Gasteiger partial charge is 0.0893 e. The Kier molecular flexibility index (Phi) is 5.85. The maximum atomic E-state index is 5.06. The molecule has 0 fully saturated rings. The normalized spacial score (nSPS) is 12.4. The Balaban J connectivity index is 1.05. The lowest BCUT2D eigenvalue weighted by Crippen LogP contribution is -2.10. The van der Waals surface area contributed by atoms with Crippen LogP contribution >= 0.6 is 0 Å².